The van der Waals surface area contributed by atoms with Gasteiger partial charge < -0.3 is 5.73 Å². The molecule has 1 aromatic rings. The molecule has 1 saturated carbocycles. The Morgan fingerprint density at radius 3 is 2.65 bits per heavy atom. The van der Waals surface area contributed by atoms with Crippen molar-refractivity contribution in [2.24, 2.45) is 5.73 Å². The van der Waals surface area contributed by atoms with Crippen LogP contribution in [-0.4, -0.2) is 24.0 Å². The van der Waals surface area contributed by atoms with Crippen LogP contribution < -0.4 is 5.73 Å². The molecule has 2 atom stereocenters. The lowest BCUT2D eigenvalue weighted by atomic mass is 9.90. The summed E-state index contributed by atoms with van der Waals surface area (Å²) < 4.78 is 12.8. The van der Waals surface area contributed by atoms with Gasteiger partial charge in [0.2, 0.25) is 0 Å². The molecule has 0 amide bonds. The number of hydrogen-bond acceptors (Lipinski definition) is 2. The minimum absolute atomic E-state index is 0.170. The zero-order valence-corrected chi connectivity index (χ0v) is 10.4. The second kappa shape index (κ2) is 5.61. The average Bonchev–Trinajstić information content (AvgIpc) is 2.32. The fourth-order valence-electron chi connectivity index (χ4n) is 2.61. The molecular formula is C14H21FN2. The van der Waals surface area contributed by atoms with E-state index in [0.29, 0.717) is 12.1 Å². The Balaban J connectivity index is 1.91. The van der Waals surface area contributed by atoms with Gasteiger partial charge in [-0.3, -0.25) is 4.90 Å². The van der Waals surface area contributed by atoms with Gasteiger partial charge in [-0.25, -0.2) is 4.39 Å². The van der Waals surface area contributed by atoms with Crippen LogP contribution in [0.4, 0.5) is 4.39 Å². The van der Waals surface area contributed by atoms with Gasteiger partial charge in [0, 0.05) is 18.6 Å². The van der Waals surface area contributed by atoms with E-state index in [1.165, 1.54) is 25.0 Å². The van der Waals surface area contributed by atoms with Crippen LogP contribution in [0.3, 0.4) is 0 Å². The quantitative estimate of drug-likeness (QED) is 0.873. The van der Waals surface area contributed by atoms with Gasteiger partial charge in [0.05, 0.1) is 0 Å². The van der Waals surface area contributed by atoms with Gasteiger partial charge in [0.1, 0.15) is 5.82 Å². The molecule has 3 heteroatoms. The summed E-state index contributed by atoms with van der Waals surface area (Å²) in [5, 5.41) is 0. The molecular weight excluding hydrogens is 215 g/mol. The van der Waals surface area contributed by atoms with Crippen molar-refractivity contribution >= 4 is 0 Å². The van der Waals surface area contributed by atoms with Crippen molar-refractivity contribution in [2.45, 2.75) is 44.3 Å². The van der Waals surface area contributed by atoms with Crippen LogP contribution in [0.5, 0.6) is 0 Å². The normalized spacial score (nSPS) is 25.2. The first-order chi connectivity index (χ1) is 8.15. The van der Waals surface area contributed by atoms with E-state index in [2.05, 4.69) is 11.9 Å². The number of halogens is 1. The summed E-state index contributed by atoms with van der Waals surface area (Å²) in [7, 11) is 2.13. The van der Waals surface area contributed by atoms with Crippen molar-refractivity contribution in [1.82, 2.24) is 4.90 Å². The Bertz CT molecular complexity index is 350. The Hall–Kier alpha value is -0.930. The second-order valence-electron chi connectivity index (χ2n) is 5.12. The molecule has 2 rings (SSSR count). The van der Waals surface area contributed by atoms with Gasteiger partial charge in [-0.2, -0.15) is 0 Å². The van der Waals surface area contributed by atoms with Crippen molar-refractivity contribution in [3.05, 3.63) is 35.6 Å². The highest BCUT2D eigenvalue weighted by atomic mass is 19.1. The summed E-state index contributed by atoms with van der Waals surface area (Å²) in [5.41, 5.74) is 7.16. The van der Waals surface area contributed by atoms with E-state index in [1.807, 2.05) is 12.1 Å². The van der Waals surface area contributed by atoms with E-state index >= 15 is 0 Å². The molecule has 0 aliphatic heterocycles. The fourth-order valence-corrected chi connectivity index (χ4v) is 2.61. The van der Waals surface area contributed by atoms with Crippen molar-refractivity contribution in [2.75, 3.05) is 7.05 Å². The first kappa shape index (κ1) is 12.5. The van der Waals surface area contributed by atoms with Crippen molar-refractivity contribution in [1.29, 1.82) is 0 Å². The van der Waals surface area contributed by atoms with Crippen LogP contribution in [0, 0.1) is 5.82 Å². The molecule has 17 heavy (non-hydrogen) atoms. The number of benzene rings is 1. The zero-order chi connectivity index (χ0) is 12.3. The van der Waals surface area contributed by atoms with Crippen molar-refractivity contribution in [3.63, 3.8) is 0 Å². The topological polar surface area (TPSA) is 29.3 Å². The van der Waals surface area contributed by atoms with E-state index in [4.69, 9.17) is 5.73 Å². The van der Waals surface area contributed by atoms with Crippen molar-refractivity contribution < 1.29 is 4.39 Å². The van der Waals surface area contributed by atoms with Crippen molar-refractivity contribution in [3.8, 4) is 0 Å². The van der Waals surface area contributed by atoms with E-state index in [-0.39, 0.29) is 5.82 Å². The van der Waals surface area contributed by atoms with Crippen LogP contribution in [0.1, 0.15) is 31.2 Å². The minimum atomic E-state index is -0.170. The van der Waals surface area contributed by atoms with Crippen LogP contribution in [0.2, 0.25) is 0 Å². The summed E-state index contributed by atoms with van der Waals surface area (Å²) in [6.45, 7) is 0.873. The first-order valence-electron chi connectivity index (χ1n) is 6.35. The first-order valence-corrected chi connectivity index (χ1v) is 6.35. The average molecular weight is 236 g/mol. The van der Waals surface area contributed by atoms with Gasteiger partial charge >= 0.3 is 0 Å². The molecule has 2 nitrogen and oxygen atoms in total. The number of rotatable bonds is 3. The van der Waals surface area contributed by atoms with E-state index in [0.717, 1.165) is 24.9 Å². The van der Waals surface area contributed by atoms with Crippen LogP contribution in [0.25, 0.3) is 0 Å². The second-order valence-corrected chi connectivity index (χ2v) is 5.12. The maximum Gasteiger partial charge on any atom is 0.123 e. The van der Waals surface area contributed by atoms with Gasteiger partial charge in [-0.05, 0) is 44.0 Å². The lowest BCUT2D eigenvalue weighted by molar-refractivity contribution is 0.173. The summed E-state index contributed by atoms with van der Waals surface area (Å²) in [6.07, 6.45) is 4.68. The highest BCUT2D eigenvalue weighted by molar-refractivity contribution is 5.15. The smallest absolute Gasteiger partial charge is 0.123 e. The predicted octanol–water partition coefficient (Wildman–Crippen LogP) is 2.53. The Morgan fingerprint density at radius 1 is 1.29 bits per heavy atom. The van der Waals surface area contributed by atoms with Gasteiger partial charge in [-0.15, -0.1) is 0 Å². The molecule has 0 spiro atoms. The monoisotopic (exact) mass is 236 g/mol. The van der Waals surface area contributed by atoms with Crippen LogP contribution >= 0.6 is 0 Å². The molecule has 0 aromatic heterocycles. The predicted molar refractivity (Wildman–Crippen MR) is 68.1 cm³/mol. The van der Waals surface area contributed by atoms with Gasteiger partial charge in [-0.1, -0.05) is 18.6 Å². The molecule has 0 heterocycles. The maximum atomic E-state index is 12.8. The third-order valence-corrected chi connectivity index (χ3v) is 3.66. The fraction of sp³-hybridized carbons (Fsp3) is 0.571. The number of nitrogens with zero attached hydrogens (tertiary/aromatic N) is 1. The van der Waals surface area contributed by atoms with Gasteiger partial charge in [0.25, 0.3) is 0 Å². The Kier molecular flexibility index (Phi) is 4.13. The third kappa shape index (κ3) is 3.51. The molecule has 0 bridgehead atoms. The highest BCUT2D eigenvalue weighted by Crippen LogP contribution is 2.22. The highest BCUT2D eigenvalue weighted by Gasteiger charge is 2.22. The number of hydrogen-bond donors (Lipinski definition) is 1. The summed E-state index contributed by atoms with van der Waals surface area (Å²) in [5.74, 6) is -0.170. The van der Waals surface area contributed by atoms with E-state index in [9.17, 15) is 4.39 Å². The largest absolute Gasteiger partial charge is 0.328 e. The van der Waals surface area contributed by atoms with E-state index in [1.54, 1.807) is 0 Å². The molecule has 1 fully saturated rings. The molecule has 1 aromatic carbocycles. The molecule has 1 aliphatic carbocycles. The molecule has 0 saturated heterocycles. The molecule has 2 N–H and O–H groups in total. The molecule has 1 aliphatic rings. The zero-order valence-electron chi connectivity index (χ0n) is 10.4. The summed E-state index contributed by atoms with van der Waals surface area (Å²) in [6, 6.07) is 7.68. The lowest BCUT2D eigenvalue weighted by Gasteiger charge is -2.34. The standard InChI is InChI=1S/C14H21FN2/c1-17(14-4-2-3-13(16)9-14)10-11-5-7-12(15)8-6-11/h5-8,13-14H,2-4,9-10,16H2,1H3. The van der Waals surface area contributed by atoms with Crippen LogP contribution in [0.15, 0.2) is 24.3 Å². The Labute approximate surface area is 103 Å². The van der Waals surface area contributed by atoms with E-state index < -0.39 is 0 Å². The molecule has 2 unspecified atom stereocenters. The Morgan fingerprint density at radius 2 is 2.00 bits per heavy atom. The third-order valence-electron chi connectivity index (χ3n) is 3.66. The van der Waals surface area contributed by atoms with Crippen LogP contribution in [-0.2, 0) is 6.54 Å². The molecule has 94 valence electrons. The molecule has 0 radical (unpaired) electrons. The SMILES string of the molecule is CN(Cc1ccc(F)cc1)C1CCCC(N)C1. The minimum Gasteiger partial charge on any atom is -0.328 e. The summed E-state index contributed by atoms with van der Waals surface area (Å²) in [4.78, 5) is 2.34. The maximum absolute atomic E-state index is 12.8. The van der Waals surface area contributed by atoms with Gasteiger partial charge in [0.15, 0.2) is 0 Å². The summed E-state index contributed by atoms with van der Waals surface area (Å²) >= 11 is 0. The lowest BCUT2D eigenvalue weighted by Crippen LogP contribution is -2.40. The number of nitrogens with two attached hydrogens (primary N) is 1.